The average molecular weight is 273 g/mol. The van der Waals surface area contributed by atoms with Crippen molar-refractivity contribution in [2.24, 2.45) is 0 Å². The SMILES string of the molecule is Oc1ccc(Cl)c(-c2ccc(C(F)(F)F)cc2)c1. The minimum absolute atomic E-state index is 0.00861. The molecule has 2 aromatic carbocycles. The van der Waals surface area contributed by atoms with E-state index in [2.05, 4.69) is 0 Å². The molecule has 0 spiro atoms. The zero-order chi connectivity index (χ0) is 13.3. The molecule has 0 radical (unpaired) electrons. The molecule has 0 bridgehead atoms. The molecule has 2 aromatic rings. The van der Waals surface area contributed by atoms with Gasteiger partial charge >= 0.3 is 6.18 Å². The van der Waals surface area contributed by atoms with Crippen molar-refractivity contribution in [2.75, 3.05) is 0 Å². The van der Waals surface area contributed by atoms with Gasteiger partial charge in [-0.3, -0.25) is 0 Å². The molecule has 0 fully saturated rings. The molecular weight excluding hydrogens is 265 g/mol. The lowest BCUT2D eigenvalue weighted by Gasteiger charge is -2.09. The molecule has 1 N–H and O–H groups in total. The van der Waals surface area contributed by atoms with Crippen molar-refractivity contribution in [3.05, 3.63) is 53.1 Å². The molecule has 0 aromatic heterocycles. The maximum atomic E-state index is 12.4. The van der Waals surface area contributed by atoms with Crippen LogP contribution in [0.2, 0.25) is 5.02 Å². The predicted molar refractivity (Wildman–Crippen MR) is 63.6 cm³/mol. The van der Waals surface area contributed by atoms with E-state index in [1.54, 1.807) is 0 Å². The van der Waals surface area contributed by atoms with Crippen LogP contribution < -0.4 is 0 Å². The number of aromatic hydroxyl groups is 1. The Hall–Kier alpha value is -1.68. The summed E-state index contributed by atoms with van der Waals surface area (Å²) in [5.74, 6) is 0.00861. The predicted octanol–water partition coefficient (Wildman–Crippen LogP) is 4.73. The smallest absolute Gasteiger partial charge is 0.416 e. The first-order valence-corrected chi connectivity index (χ1v) is 5.42. The third-order valence-corrected chi connectivity index (χ3v) is 2.80. The highest BCUT2D eigenvalue weighted by atomic mass is 35.5. The summed E-state index contributed by atoms with van der Waals surface area (Å²) in [4.78, 5) is 0. The lowest BCUT2D eigenvalue weighted by atomic mass is 10.0. The third kappa shape index (κ3) is 2.59. The fourth-order valence-corrected chi connectivity index (χ4v) is 1.80. The van der Waals surface area contributed by atoms with Crippen LogP contribution in [0.25, 0.3) is 11.1 Å². The van der Waals surface area contributed by atoms with E-state index < -0.39 is 11.7 Å². The van der Waals surface area contributed by atoms with Crippen LogP contribution in [-0.2, 0) is 6.18 Å². The highest BCUT2D eigenvalue weighted by molar-refractivity contribution is 6.33. The quantitative estimate of drug-likeness (QED) is 0.795. The fraction of sp³-hybridized carbons (Fsp3) is 0.0769. The minimum atomic E-state index is -4.36. The van der Waals surface area contributed by atoms with E-state index >= 15 is 0 Å². The number of rotatable bonds is 1. The molecule has 18 heavy (non-hydrogen) atoms. The van der Waals surface area contributed by atoms with Crippen LogP contribution in [0, 0.1) is 0 Å². The summed E-state index contributed by atoms with van der Waals surface area (Å²) in [7, 11) is 0. The van der Waals surface area contributed by atoms with Crippen molar-refractivity contribution in [1.29, 1.82) is 0 Å². The molecule has 94 valence electrons. The van der Waals surface area contributed by atoms with E-state index in [9.17, 15) is 18.3 Å². The average Bonchev–Trinajstić information content (AvgIpc) is 2.31. The Bertz CT molecular complexity index is 561. The Labute approximate surface area is 106 Å². The van der Waals surface area contributed by atoms with Crippen molar-refractivity contribution < 1.29 is 18.3 Å². The van der Waals surface area contributed by atoms with E-state index in [1.165, 1.54) is 30.3 Å². The maximum Gasteiger partial charge on any atom is 0.416 e. The van der Waals surface area contributed by atoms with Crippen molar-refractivity contribution >= 4 is 11.6 Å². The first-order valence-electron chi connectivity index (χ1n) is 5.04. The van der Waals surface area contributed by atoms with Gasteiger partial charge in [0.2, 0.25) is 0 Å². The van der Waals surface area contributed by atoms with Crippen molar-refractivity contribution in [3.63, 3.8) is 0 Å². The fourth-order valence-electron chi connectivity index (χ4n) is 1.57. The van der Waals surface area contributed by atoms with Crippen LogP contribution in [0.3, 0.4) is 0 Å². The zero-order valence-electron chi connectivity index (χ0n) is 9.00. The first kappa shape index (κ1) is 12.8. The molecule has 0 amide bonds. The highest BCUT2D eigenvalue weighted by Crippen LogP contribution is 2.34. The normalized spacial score (nSPS) is 11.6. The lowest BCUT2D eigenvalue weighted by molar-refractivity contribution is -0.137. The summed E-state index contributed by atoms with van der Waals surface area (Å²) in [6, 6.07) is 8.92. The van der Waals surface area contributed by atoms with Crippen molar-refractivity contribution in [3.8, 4) is 16.9 Å². The van der Waals surface area contributed by atoms with Gasteiger partial charge in [-0.05, 0) is 35.9 Å². The van der Waals surface area contributed by atoms with E-state index in [1.807, 2.05) is 0 Å². The van der Waals surface area contributed by atoms with Crippen molar-refractivity contribution in [1.82, 2.24) is 0 Å². The topological polar surface area (TPSA) is 20.2 Å². The lowest BCUT2D eigenvalue weighted by Crippen LogP contribution is -2.03. The Morgan fingerprint density at radius 3 is 2.11 bits per heavy atom. The van der Waals surface area contributed by atoms with Crippen LogP contribution in [0.15, 0.2) is 42.5 Å². The maximum absolute atomic E-state index is 12.4. The van der Waals surface area contributed by atoms with Crippen LogP contribution in [0.5, 0.6) is 5.75 Å². The molecule has 0 aliphatic carbocycles. The standard InChI is InChI=1S/C13H8ClF3O/c14-12-6-5-10(18)7-11(12)8-1-3-9(4-2-8)13(15,16)17/h1-7,18H. The Kier molecular flexibility index (Phi) is 3.22. The second-order valence-electron chi connectivity index (χ2n) is 3.74. The van der Waals surface area contributed by atoms with Gasteiger partial charge in [0.1, 0.15) is 5.75 Å². The minimum Gasteiger partial charge on any atom is -0.508 e. The van der Waals surface area contributed by atoms with Gasteiger partial charge in [0.05, 0.1) is 5.56 Å². The third-order valence-electron chi connectivity index (χ3n) is 2.47. The number of hydrogen-bond donors (Lipinski definition) is 1. The van der Waals surface area contributed by atoms with Gasteiger partial charge in [0.25, 0.3) is 0 Å². The molecule has 0 aliphatic heterocycles. The van der Waals surface area contributed by atoms with E-state index in [0.29, 0.717) is 16.1 Å². The Morgan fingerprint density at radius 2 is 1.56 bits per heavy atom. The monoisotopic (exact) mass is 272 g/mol. The first-order chi connectivity index (χ1) is 8.38. The molecule has 0 atom stereocenters. The van der Waals surface area contributed by atoms with Crippen LogP contribution in [0.1, 0.15) is 5.56 Å². The molecule has 0 unspecified atom stereocenters. The molecule has 0 aliphatic rings. The van der Waals surface area contributed by atoms with E-state index in [4.69, 9.17) is 11.6 Å². The Balaban J connectivity index is 2.43. The summed E-state index contributed by atoms with van der Waals surface area (Å²) in [6.45, 7) is 0. The van der Waals surface area contributed by atoms with Gasteiger partial charge in [-0.1, -0.05) is 23.7 Å². The number of alkyl halides is 3. The van der Waals surface area contributed by atoms with Gasteiger partial charge in [0.15, 0.2) is 0 Å². The summed E-state index contributed by atoms with van der Waals surface area (Å²) in [6.07, 6.45) is -4.36. The van der Waals surface area contributed by atoms with Gasteiger partial charge in [0, 0.05) is 10.6 Å². The second kappa shape index (κ2) is 4.53. The van der Waals surface area contributed by atoms with Crippen LogP contribution in [0.4, 0.5) is 13.2 Å². The molecule has 0 heterocycles. The molecular formula is C13H8ClF3O. The number of benzene rings is 2. The number of hydrogen-bond acceptors (Lipinski definition) is 1. The molecule has 0 saturated carbocycles. The molecule has 5 heteroatoms. The second-order valence-corrected chi connectivity index (χ2v) is 4.15. The highest BCUT2D eigenvalue weighted by Gasteiger charge is 2.30. The van der Waals surface area contributed by atoms with E-state index in [-0.39, 0.29) is 5.75 Å². The van der Waals surface area contributed by atoms with Crippen LogP contribution >= 0.6 is 11.6 Å². The summed E-state index contributed by atoms with van der Waals surface area (Å²) in [5.41, 5.74) is 0.289. The van der Waals surface area contributed by atoms with Crippen LogP contribution in [-0.4, -0.2) is 5.11 Å². The summed E-state index contributed by atoms with van der Waals surface area (Å²) in [5, 5.41) is 9.71. The molecule has 2 rings (SSSR count). The van der Waals surface area contributed by atoms with Gasteiger partial charge < -0.3 is 5.11 Å². The number of phenolic OH excluding ortho intramolecular Hbond substituents is 1. The van der Waals surface area contributed by atoms with E-state index in [0.717, 1.165) is 12.1 Å². The number of halogens is 4. The van der Waals surface area contributed by atoms with Gasteiger partial charge in [-0.25, -0.2) is 0 Å². The number of phenols is 1. The zero-order valence-corrected chi connectivity index (χ0v) is 9.76. The van der Waals surface area contributed by atoms with Gasteiger partial charge in [-0.15, -0.1) is 0 Å². The Morgan fingerprint density at radius 1 is 0.944 bits per heavy atom. The summed E-state index contributed by atoms with van der Waals surface area (Å²) >= 11 is 5.93. The molecule has 1 nitrogen and oxygen atoms in total. The van der Waals surface area contributed by atoms with Gasteiger partial charge in [-0.2, -0.15) is 13.2 Å². The largest absolute Gasteiger partial charge is 0.508 e. The summed E-state index contributed by atoms with van der Waals surface area (Å²) < 4.78 is 37.2. The van der Waals surface area contributed by atoms with Crippen molar-refractivity contribution in [2.45, 2.75) is 6.18 Å². The molecule has 0 saturated heterocycles.